The number of halogens is 1. The number of ether oxygens (including phenoxy) is 2. The number of carbonyl (C=O) groups excluding carboxylic acids is 1. The van der Waals surface area contributed by atoms with Crippen LogP contribution in [-0.2, 0) is 17.9 Å². The molecule has 0 aromatic heterocycles. The summed E-state index contributed by atoms with van der Waals surface area (Å²) in [6.45, 7) is 8.83. The summed E-state index contributed by atoms with van der Waals surface area (Å²) in [5.74, 6) is 0.844. The van der Waals surface area contributed by atoms with E-state index in [1.807, 2.05) is 45.0 Å². The van der Waals surface area contributed by atoms with Gasteiger partial charge in [-0.25, -0.2) is 4.79 Å². The zero-order chi connectivity index (χ0) is 21.6. The molecule has 1 N–H and O–H groups in total. The highest BCUT2D eigenvalue weighted by Gasteiger charge is 2.24. The molecule has 1 amide bonds. The molecule has 162 valence electrons. The van der Waals surface area contributed by atoms with Gasteiger partial charge in [0.25, 0.3) is 0 Å². The van der Waals surface area contributed by atoms with Crippen molar-refractivity contribution < 1.29 is 14.3 Å². The quantitative estimate of drug-likeness (QED) is 0.598. The first-order valence-corrected chi connectivity index (χ1v) is 11.2. The van der Waals surface area contributed by atoms with Gasteiger partial charge in [-0.15, -0.1) is 0 Å². The van der Waals surface area contributed by atoms with Crippen LogP contribution in [0.1, 0.15) is 44.7 Å². The lowest BCUT2D eigenvalue weighted by Crippen LogP contribution is -2.48. The van der Waals surface area contributed by atoms with Gasteiger partial charge < -0.3 is 14.8 Å². The average molecular weight is 475 g/mol. The second kappa shape index (κ2) is 10.3. The SMILES string of the molecule is CC(C)(C)OC(=O)NC1CCCN(Cc2ccc(Br)c(OCc3ccccc3)c2)C1. The number of rotatable bonds is 6. The van der Waals surface area contributed by atoms with Crippen molar-refractivity contribution in [2.45, 2.75) is 58.4 Å². The average Bonchev–Trinajstić information content (AvgIpc) is 2.68. The van der Waals surface area contributed by atoms with Gasteiger partial charge in [-0.2, -0.15) is 0 Å². The summed E-state index contributed by atoms with van der Waals surface area (Å²) in [5, 5.41) is 3.02. The Morgan fingerprint density at radius 2 is 1.93 bits per heavy atom. The molecule has 1 fully saturated rings. The summed E-state index contributed by atoms with van der Waals surface area (Å²) < 4.78 is 12.4. The fourth-order valence-corrected chi connectivity index (χ4v) is 3.90. The van der Waals surface area contributed by atoms with Crippen molar-refractivity contribution in [3.63, 3.8) is 0 Å². The molecule has 2 aromatic carbocycles. The standard InChI is InChI=1S/C24H31BrN2O3/c1-24(2,3)30-23(28)26-20-10-7-13-27(16-20)15-19-11-12-21(25)22(14-19)29-17-18-8-5-4-6-9-18/h4-6,8-9,11-12,14,20H,7,10,13,15-17H2,1-3H3,(H,26,28). The molecule has 3 rings (SSSR count). The third kappa shape index (κ3) is 7.33. The minimum absolute atomic E-state index is 0.109. The Bertz CT molecular complexity index is 836. The van der Waals surface area contributed by atoms with Crippen molar-refractivity contribution in [3.05, 3.63) is 64.1 Å². The zero-order valence-electron chi connectivity index (χ0n) is 18.0. The minimum atomic E-state index is -0.480. The molecule has 1 aliphatic heterocycles. The van der Waals surface area contributed by atoms with Gasteiger partial charge in [0.1, 0.15) is 18.0 Å². The van der Waals surface area contributed by atoms with E-state index in [0.29, 0.717) is 6.61 Å². The Balaban J connectivity index is 1.55. The number of amides is 1. The Hall–Kier alpha value is -2.05. The predicted octanol–water partition coefficient (Wildman–Crippen LogP) is 5.52. The Morgan fingerprint density at radius 3 is 2.67 bits per heavy atom. The molecule has 1 atom stereocenters. The molecule has 0 radical (unpaired) electrons. The molecule has 1 unspecified atom stereocenters. The first kappa shape index (κ1) is 22.6. The monoisotopic (exact) mass is 474 g/mol. The number of nitrogens with one attached hydrogen (secondary N) is 1. The van der Waals surface area contributed by atoms with Crippen molar-refractivity contribution in [1.82, 2.24) is 10.2 Å². The first-order valence-electron chi connectivity index (χ1n) is 10.5. The molecule has 1 aliphatic rings. The van der Waals surface area contributed by atoms with E-state index in [2.05, 4.69) is 50.4 Å². The lowest BCUT2D eigenvalue weighted by atomic mass is 10.0. The van der Waals surface area contributed by atoms with Gasteiger partial charge in [-0.3, -0.25) is 4.90 Å². The van der Waals surface area contributed by atoms with Crippen molar-refractivity contribution in [3.8, 4) is 5.75 Å². The number of benzene rings is 2. The number of hydrogen-bond donors (Lipinski definition) is 1. The van der Waals surface area contributed by atoms with Crippen LogP contribution in [0.4, 0.5) is 4.79 Å². The smallest absolute Gasteiger partial charge is 0.407 e. The Morgan fingerprint density at radius 1 is 1.17 bits per heavy atom. The van der Waals surface area contributed by atoms with Gasteiger partial charge in [-0.1, -0.05) is 36.4 Å². The lowest BCUT2D eigenvalue weighted by Gasteiger charge is -2.33. The third-order valence-electron chi connectivity index (χ3n) is 4.87. The fourth-order valence-electron chi connectivity index (χ4n) is 3.54. The predicted molar refractivity (Wildman–Crippen MR) is 123 cm³/mol. The van der Waals surface area contributed by atoms with Gasteiger partial charge in [0.05, 0.1) is 4.47 Å². The lowest BCUT2D eigenvalue weighted by molar-refractivity contribution is 0.0470. The van der Waals surface area contributed by atoms with E-state index in [-0.39, 0.29) is 12.1 Å². The van der Waals surface area contributed by atoms with Crippen LogP contribution in [0, 0.1) is 0 Å². The largest absolute Gasteiger partial charge is 0.488 e. The fraction of sp³-hybridized carbons (Fsp3) is 0.458. The van der Waals surface area contributed by atoms with E-state index in [4.69, 9.17) is 9.47 Å². The molecule has 0 bridgehead atoms. The summed E-state index contributed by atoms with van der Waals surface area (Å²) in [5.41, 5.74) is 1.85. The molecule has 0 spiro atoms. The number of carbonyl (C=O) groups is 1. The molecule has 0 saturated carbocycles. The first-order chi connectivity index (χ1) is 14.3. The normalized spacial score (nSPS) is 17.4. The summed E-state index contributed by atoms with van der Waals surface area (Å²) >= 11 is 3.59. The second-order valence-corrected chi connectivity index (χ2v) is 9.61. The summed E-state index contributed by atoms with van der Waals surface area (Å²) in [7, 11) is 0. The van der Waals surface area contributed by atoms with E-state index < -0.39 is 5.60 Å². The van der Waals surface area contributed by atoms with Crippen LogP contribution in [0.25, 0.3) is 0 Å². The van der Waals surface area contributed by atoms with Gasteiger partial charge in [0, 0.05) is 19.1 Å². The van der Waals surface area contributed by atoms with Crippen molar-refractivity contribution >= 4 is 22.0 Å². The zero-order valence-corrected chi connectivity index (χ0v) is 19.6. The topological polar surface area (TPSA) is 50.8 Å². The van der Waals surface area contributed by atoms with E-state index in [1.165, 1.54) is 5.56 Å². The van der Waals surface area contributed by atoms with E-state index >= 15 is 0 Å². The summed E-state index contributed by atoms with van der Waals surface area (Å²) in [6.07, 6.45) is 1.69. The minimum Gasteiger partial charge on any atom is -0.488 e. The van der Waals surface area contributed by atoms with Crippen LogP contribution in [0.2, 0.25) is 0 Å². The van der Waals surface area contributed by atoms with Crippen molar-refractivity contribution in [2.75, 3.05) is 13.1 Å². The highest BCUT2D eigenvalue weighted by molar-refractivity contribution is 9.10. The van der Waals surface area contributed by atoms with Crippen molar-refractivity contribution in [1.29, 1.82) is 0 Å². The second-order valence-electron chi connectivity index (χ2n) is 8.76. The molecule has 0 aliphatic carbocycles. The third-order valence-corrected chi connectivity index (χ3v) is 5.52. The Labute approximate surface area is 187 Å². The van der Waals surface area contributed by atoms with Crippen molar-refractivity contribution in [2.24, 2.45) is 0 Å². The molecule has 6 heteroatoms. The summed E-state index contributed by atoms with van der Waals surface area (Å²) in [6, 6.07) is 16.5. The molecule has 1 saturated heterocycles. The molecule has 1 heterocycles. The van der Waals surface area contributed by atoms with E-state index in [1.54, 1.807) is 0 Å². The van der Waals surface area contributed by atoms with Crippen LogP contribution < -0.4 is 10.1 Å². The van der Waals surface area contributed by atoms with Gasteiger partial charge in [0.2, 0.25) is 0 Å². The van der Waals surface area contributed by atoms with E-state index in [9.17, 15) is 4.79 Å². The summed E-state index contributed by atoms with van der Waals surface area (Å²) in [4.78, 5) is 14.5. The maximum atomic E-state index is 12.1. The molecule has 2 aromatic rings. The van der Waals surface area contributed by atoms with Gasteiger partial charge in [-0.05, 0) is 79.3 Å². The van der Waals surface area contributed by atoms with Crippen LogP contribution in [-0.4, -0.2) is 35.7 Å². The van der Waals surface area contributed by atoms with Crippen LogP contribution >= 0.6 is 15.9 Å². The van der Waals surface area contributed by atoms with Crippen LogP contribution in [0.5, 0.6) is 5.75 Å². The molecular formula is C24H31BrN2O3. The van der Waals surface area contributed by atoms with Gasteiger partial charge >= 0.3 is 6.09 Å². The molecule has 30 heavy (non-hydrogen) atoms. The highest BCUT2D eigenvalue weighted by atomic mass is 79.9. The van der Waals surface area contributed by atoms with Crippen LogP contribution in [0.3, 0.4) is 0 Å². The maximum absolute atomic E-state index is 12.1. The van der Waals surface area contributed by atoms with Gasteiger partial charge in [0.15, 0.2) is 0 Å². The Kier molecular flexibility index (Phi) is 7.78. The molecule has 5 nitrogen and oxygen atoms in total. The number of piperidine rings is 1. The highest BCUT2D eigenvalue weighted by Crippen LogP contribution is 2.28. The number of likely N-dealkylation sites (tertiary alicyclic amines) is 1. The van der Waals surface area contributed by atoms with Crippen LogP contribution in [0.15, 0.2) is 53.0 Å². The van der Waals surface area contributed by atoms with E-state index in [0.717, 1.165) is 48.3 Å². The maximum Gasteiger partial charge on any atom is 0.407 e. The number of hydrogen-bond acceptors (Lipinski definition) is 4. The molecular weight excluding hydrogens is 444 g/mol. The number of nitrogens with zero attached hydrogens (tertiary/aromatic N) is 1. The number of alkyl carbamates (subject to hydrolysis) is 1.